The third-order valence-corrected chi connectivity index (χ3v) is 5.22. The average Bonchev–Trinajstić information content (AvgIpc) is 3.36. The number of rotatable bonds is 4. The highest BCUT2D eigenvalue weighted by molar-refractivity contribution is 5.99. The molecule has 1 aliphatic rings. The lowest BCUT2D eigenvalue weighted by Gasteiger charge is -2.34. The van der Waals surface area contributed by atoms with Crippen LogP contribution in [0.5, 0.6) is 0 Å². The van der Waals surface area contributed by atoms with Gasteiger partial charge in [-0.3, -0.25) is 14.0 Å². The van der Waals surface area contributed by atoms with E-state index in [-0.39, 0.29) is 41.6 Å². The molecule has 9 nitrogen and oxygen atoms in total. The molecule has 0 saturated carbocycles. The molecule has 0 radical (unpaired) electrons. The molecule has 0 aromatic carbocycles. The van der Waals surface area contributed by atoms with Crippen molar-refractivity contribution in [3.8, 4) is 11.5 Å². The minimum Gasteiger partial charge on any atom is -0.463 e. The number of likely N-dealkylation sites (tertiary alicyclic amines) is 1. The fourth-order valence-electron chi connectivity index (χ4n) is 3.65. The smallest absolute Gasteiger partial charge is 0.271 e. The second-order valence-electron chi connectivity index (χ2n) is 7.17. The Labute approximate surface area is 173 Å². The number of carbonyl (C=O) groups excluding carboxylic acids is 2. The van der Waals surface area contributed by atoms with Gasteiger partial charge in [-0.15, -0.1) is 12.4 Å². The number of hydrogen-bond acceptors (Lipinski definition) is 6. The second-order valence-corrected chi connectivity index (χ2v) is 7.17. The Hall–Kier alpha value is -2.91. The summed E-state index contributed by atoms with van der Waals surface area (Å²) in [6, 6.07) is 5.13. The molecule has 10 heteroatoms. The first-order valence-corrected chi connectivity index (χ1v) is 9.22. The molecular formula is C19H23ClN6O3. The minimum atomic E-state index is -0.708. The first kappa shape index (κ1) is 20.8. The predicted octanol–water partition coefficient (Wildman–Crippen LogP) is 1.71. The number of primary amides is 1. The zero-order valence-electron chi connectivity index (χ0n) is 15.9. The Morgan fingerprint density at radius 2 is 2.17 bits per heavy atom. The number of halogens is 1. The molecule has 2 amide bonds. The van der Waals surface area contributed by atoms with Crippen LogP contribution in [0.4, 0.5) is 0 Å². The molecule has 4 rings (SSSR count). The molecule has 0 spiro atoms. The Balaban J connectivity index is 0.00000240. The van der Waals surface area contributed by atoms with Gasteiger partial charge in [0.15, 0.2) is 17.1 Å². The van der Waals surface area contributed by atoms with Gasteiger partial charge in [0.05, 0.1) is 6.26 Å². The van der Waals surface area contributed by atoms with Crippen molar-refractivity contribution in [3.63, 3.8) is 0 Å². The molecule has 1 fully saturated rings. The van der Waals surface area contributed by atoms with Crippen molar-refractivity contribution < 1.29 is 14.0 Å². The number of imidazole rings is 1. The van der Waals surface area contributed by atoms with Gasteiger partial charge in [-0.05, 0) is 43.9 Å². The van der Waals surface area contributed by atoms with Gasteiger partial charge in [-0.1, -0.05) is 0 Å². The summed E-state index contributed by atoms with van der Waals surface area (Å²) in [6.07, 6.45) is 4.82. The van der Waals surface area contributed by atoms with E-state index in [1.165, 1.54) is 17.0 Å². The lowest BCUT2D eigenvalue weighted by atomic mass is 9.92. The Kier molecular flexibility index (Phi) is 5.90. The number of hydrogen-bond donors (Lipinski definition) is 2. The fraction of sp³-hybridized carbons (Fsp3) is 0.368. The fourth-order valence-corrected chi connectivity index (χ4v) is 3.65. The van der Waals surface area contributed by atoms with Crippen LogP contribution < -0.4 is 11.5 Å². The minimum absolute atomic E-state index is 0. The molecular weight excluding hydrogens is 396 g/mol. The largest absolute Gasteiger partial charge is 0.463 e. The summed E-state index contributed by atoms with van der Waals surface area (Å²) in [5.74, 6) is -0.136. The number of piperidine rings is 1. The van der Waals surface area contributed by atoms with Gasteiger partial charge >= 0.3 is 0 Å². The van der Waals surface area contributed by atoms with Crippen molar-refractivity contribution in [1.29, 1.82) is 0 Å². The van der Waals surface area contributed by atoms with Crippen molar-refractivity contribution in [3.05, 3.63) is 42.2 Å². The topological polar surface area (TPSA) is 133 Å². The van der Waals surface area contributed by atoms with Gasteiger partial charge in [0.2, 0.25) is 0 Å². The van der Waals surface area contributed by atoms with Crippen LogP contribution in [0.2, 0.25) is 0 Å². The average molecular weight is 419 g/mol. The van der Waals surface area contributed by atoms with Crippen LogP contribution in [0.3, 0.4) is 0 Å². The first-order valence-electron chi connectivity index (χ1n) is 9.22. The number of nitrogens with two attached hydrogens (primary N) is 2. The molecule has 2 atom stereocenters. The van der Waals surface area contributed by atoms with Gasteiger partial charge in [0.1, 0.15) is 17.7 Å². The van der Waals surface area contributed by atoms with Crippen LogP contribution in [-0.2, 0) is 0 Å². The van der Waals surface area contributed by atoms with Crippen molar-refractivity contribution >= 4 is 29.9 Å². The molecule has 3 aromatic rings. The number of nitrogens with zero attached hydrogens (tertiary/aromatic N) is 4. The molecule has 3 aromatic heterocycles. The molecule has 1 aliphatic heterocycles. The highest BCUT2D eigenvalue weighted by atomic mass is 35.5. The van der Waals surface area contributed by atoms with Crippen molar-refractivity contribution in [1.82, 2.24) is 19.3 Å². The Morgan fingerprint density at radius 3 is 2.83 bits per heavy atom. The third kappa shape index (κ3) is 3.83. The maximum absolute atomic E-state index is 13.3. The summed E-state index contributed by atoms with van der Waals surface area (Å²) >= 11 is 0. The molecule has 0 aliphatic carbocycles. The predicted molar refractivity (Wildman–Crippen MR) is 109 cm³/mol. The number of furan rings is 1. The van der Waals surface area contributed by atoms with E-state index in [9.17, 15) is 9.59 Å². The summed E-state index contributed by atoms with van der Waals surface area (Å²) in [5, 5.41) is 0. The monoisotopic (exact) mass is 418 g/mol. The van der Waals surface area contributed by atoms with E-state index in [1.54, 1.807) is 23.1 Å². The number of amides is 2. The van der Waals surface area contributed by atoms with Crippen molar-refractivity contribution in [2.24, 2.45) is 17.4 Å². The third-order valence-electron chi connectivity index (χ3n) is 5.22. The summed E-state index contributed by atoms with van der Waals surface area (Å²) in [4.78, 5) is 35.4. The van der Waals surface area contributed by atoms with Gasteiger partial charge in [-0.25, -0.2) is 9.97 Å². The van der Waals surface area contributed by atoms with Crippen molar-refractivity contribution in [2.45, 2.75) is 25.8 Å². The lowest BCUT2D eigenvalue weighted by Crippen LogP contribution is -2.45. The van der Waals surface area contributed by atoms with Crippen LogP contribution in [-0.4, -0.2) is 50.2 Å². The highest BCUT2D eigenvalue weighted by Crippen LogP contribution is 2.25. The van der Waals surface area contributed by atoms with Gasteiger partial charge in [0.25, 0.3) is 11.8 Å². The van der Waals surface area contributed by atoms with E-state index in [0.29, 0.717) is 30.2 Å². The summed E-state index contributed by atoms with van der Waals surface area (Å²) in [5.41, 5.74) is 12.5. The first-order chi connectivity index (χ1) is 13.5. The van der Waals surface area contributed by atoms with E-state index < -0.39 is 5.91 Å². The van der Waals surface area contributed by atoms with Crippen LogP contribution in [0.15, 0.2) is 35.2 Å². The molecule has 1 saturated heterocycles. The summed E-state index contributed by atoms with van der Waals surface area (Å²) in [6.45, 7) is 3.21. The van der Waals surface area contributed by atoms with Gasteiger partial charge < -0.3 is 20.8 Å². The van der Waals surface area contributed by atoms with E-state index in [0.717, 1.165) is 12.8 Å². The molecule has 0 bridgehead atoms. The zero-order chi connectivity index (χ0) is 19.8. The van der Waals surface area contributed by atoms with Crippen molar-refractivity contribution in [2.75, 3.05) is 13.1 Å². The van der Waals surface area contributed by atoms with Gasteiger partial charge in [-0.2, -0.15) is 0 Å². The standard InChI is InChI=1S/C19H22N6O3.ClH/c1-11(20)12-4-2-6-24(9-12)19(27)14-8-13(15-5-3-7-28-15)23-18-16(17(21)26)22-10-25(14)18;/h3,5,7-8,10-12H,2,4,6,9,20H2,1H3,(H2,21,26);1H. The zero-order valence-corrected chi connectivity index (χ0v) is 16.8. The number of aromatic nitrogens is 3. The van der Waals surface area contributed by atoms with Crippen LogP contribution in [0.25, 0.3) is 17.1 Å². The lowest BCUT2D eigenvalue weighted by molar-refractivity contribution is 0.0653. The molecule has 154 valence electrons. The van der Waals surface area contributed by atoms with Crippen LogP contribution in [0.1, 0.15) is 40.7 Å². The molecule has 2 unspecified atom stereocenters. The van der Waals surface area contributed by atoms with Crippen LogP contribution >= 0.6 is 12.4 Å². The Bertz CT molecular complexity index is 1030. The summed E-state index contributed by atoms with van der Waals surface area (Å²) < 4.78 is 6.93. The normalized spacial score (nSPS) is 17.7. The van der Waals surface area contributed by atoms with E-state index in [4.69, 9.17) is 15.9 Å². The Morgan fingerprint density at radius 1 is 1.38 bits per heavy atom. The molecule has 4 heterocycles. The van der Waals surface area contributed by atoms with Crippen LogP contribution in [0, 0.1) is 5.92 Å². The SMILES string of the molecule is CC(N)C1CCCN(C(=O)c2cc(-c3ccco3)nc3c(C(N)=O)ncn23)C1.Cl. The number of fused-ring (bicyclic) bond motifs is 1. The second kappa shape index (κ2) is 8.22. The van der Waals surface area contributed by atoms with E-state index in [1.807, 2.05) is 6.92 Å². The van der Waals surface area contributed by atoms with Gasteiger partial charge in [0, 0.05) is 19.1 Å². The molecule has 4 N–H and O–H groups in total. The molecule has 29 heavy (non-hydrogen) atoms. The maximum atomic E-state index is 13.3. The van der Waals surface area contributed by atoms with E-state index in [2.05, 4.69) is 9.97 Å². The van der Waals surface area contributed by atoms with E-state index >= 15 is 0 Å². The summed E-state index contributed by atoms with van der Waals surface area (Å²) in [7, 11) is 0. The number of carbonyl (C=O) groups is 2. The highest BCUT2D eigenvalue weighted by Gasteiger charge is 2.29. The maximum Gasteiger partial charge on any atom is 0.271 e. The quantitative estimate of drug-likeness (QED) is 0.662.